The Bertz CT molecular complexity index is 848. The Morgan fingerprint density at radius 3 is 1.84 bits per heavy atom. The first-order chi connectivity index (χ1) is 15.7. The minimum absolute atomic E-state index is 0.118. The van der Waals surface area contributed by atoms with Gasteiger partial charge in [-0.1, -0.05) is 25.4 Å². The molecule has 2 aromatic rings. The van der Waals surface area contributed by atoms with Crippen molar-refractivity contribution in [2.75, 3.05) is 89.4 Å². The van der Waals surface area contributed by atoms with E-state index in [0.717, 1.165) is 65.7 Å². The summed E-state index contributed by atoms with van der Waals surface area (Å²) in [5, 5.41) is 6.94. The molecule has 10 nitrogen and oxygen atoms in total. The smallest absolute Gasteiger partial charge is 0.226 e. The Morgan fingerprint density at radius 1 is 0.750 bits per heavy atom. The summed E-state index contributed by atoms with van der Waals surface area (Å²) in [5.41, 5.74) is 0.909. The number of hydrogen-bond donors (Lipinski definition) is 2. The van der Waals surface area contributed by atoms with Gasteiger partial charge in [0.15, 0.2) is 28.0 Å². The molecule has 0 radical (unpaired) electrons. The van der Waals surface area contributed by atoms with Gasteiger partial charge in [-0.15, -0.1) is 0 Å². The molecule has 178 valence electrons. The number of nitrogens with one attached hydrogen (secondary N) is 2. The van der Waals surface area contributed by atoms with Gasteiger partial charge in [0.1, 0.15) is 0 Å². The summed E-state index contributed by atoms with van der Waals surface area (Å²) in [4.78, 5) is 22.2. The maximum Gasteiger partial charge on any atom is 0.226 e. The van der Waals surface area contributed by atoms with Crippen LogP contribution >= 0.6 is 23.2 Å². The van der Waals surface area contributed by atoms with Gasteiger partial charge < -0.3 is 20.1 Å². The lowest BCUT2D eigenvalue weighted by atomic mass is 10.4. The third-order valence-corrected chi connectivity index (χ3v) is 5.54. The van der Waals surface area contributed by atoms with Gasteiger partial charge in [0, 0.05) is 52.4 Å². The summed E-state index contributed by atoms with van der Waals surface area (Å²) in [6.07, 6.45) is 0. The maximum absolute atomic E-state index is 6.38. The number of fused-ring (bicyclic) bond motifs is 1. The van der Waals surface area contributed by atoms with Gasteiger partial charge in [0.25, 0.3) is 0 Å². The van der Waals surface area contributed by atoms with Crippen LogP contribution in [0.4, 0.5) is 11.6 Å². The standard InChI is InChI=1S/C18H26Cl2N8O2.C2H6/c19-14-17(22-2-4-28-7-11-30-12-8-28)24-16-13(23-14)15(25-18(20)26-16)21-1-3-27-5-9-29-10-6-27;1-2/h1-12H2,(H2,21,22,24,25,26);1-2H3. The van der Waals surface area contributed by atoms with E-state index in [1.807, 2.05) is 13.8 Å². The van der Waals surface area contributed by atoms with Crippen molar-refractivity contribution in [3.05, 3.63) is 10.4 Å². The van der Waals surface area contributed by atoms with E-state index in [2.05, 4.69) is 40.4 Å². The average Bonchev–Trinajstić information content (AvgIpc) is 2.82. The molecule has 32 heavy (non-hydrogen) atoms. The van der Waals surface area contributed by atoms with Crippen LogP contribution in [0.2, 0.25) is 10.4 Å². The number of aromatic nitrogens is 4. The highest BCUT2D eigenvalue weighted by Crippen LogP contribution is 2.25. The minimum atomic E-state index is 0.118. The van der Waals surface area contributed by atoms with Crippen molar-refractivity contribution in [2.45, 2.75) is 13.8 Å². The van der Waals surface area contributed by atoms with Gasteiger partial charge in [0.05, 0.1) is 26.4 Å². The third kappa shape index (κ3) is 7.23. The van der Waals surface area contributed by atoms with Crippen molar-refractivity contribution < 1.29 is 9.47 Å². The summed E-state index contributed by atoms with van der Waals surface area (Å²) >= 11 is 12.5. The van der Waals surface area contributed by atoms with Crippen molar-refractivity contribution in [3.8, 4) is 0 Å². The van der Waals surface area contributed by atoms with Crippen LogP contribution in [-0.4, -0.2) is 109 Å². The Balaban J connectivity index is 0.00000141. The molecule has 4 rings (SSSR count). The zero-order valence-corrected chi connectivity index (χ0v) is 20.3. The molecule has 2 aromatic heterocycles. The molecule has 2 fully saturated rings. The zero-order chi connectivity index (χ0) is 22.8. The molecule has 0 aromatic carbocycles. The van der Waals surface area contributed by atoms with E-state index in [-0.39, 0.29) is 10.4 Å². The van der Waals surface area contributed by atoms with Crippen molar-refractivity contribution >= 4 is 46.0 Å². The fourth-order valence-corrected chi connectivity index (χ4v) is 3.81. The molecule has 0 bridgehead atoms. The molecule has 0 spiro atoms. The number of rotatable bonds is 8. The highest BCUT2D eigenvalue weighted by atomic mass is 35.5. The highest BCUT2D eigenvalue weighted by Gasteiger charge is 2.16. The van der Waals surface area contributed by atoms with Crippen molar-refractivity contribution in [1.29, 1.82) is 0 Å². The van der Waals surface area contributed by atoms with E-state index in [9.17, 15) is 0 Å². The second-order valence-electron chi connectivity index (χ2n) is 7.14. The monoisotopic (exact) mass is 486 g/mol. The first-order valence-electron chi connectivity index (χ1n) is 11.2. The van der Waals surface area contributed by atoms with Crippen LogP contribution < -0.4 is 10.6 Å². The van der Waals surface area contributed by atoms with Crippen LogP contribution in [-0.2, 0) is 9.47 Å². The molecule has 0 amide bonds. The second-order valence-corrected chi connectivity index (χ2v) is 7.83. The minimum Gasteiger partial charge on any atom is -0.379 e. The molecule has 0 saturated carbocycles. The van der Waals surface area contributed by atoms with Gasteiger partial charge in [-0.2, -0.15) is 9.97 Å². The lowest BCUT2D eigenvalue weighted by molar-refractivity contribution is 0.0398. The van der Waals surface area contributed by atoms with E-state index in [1.54, 1.807) is 0 Å². The van der Waals surface area contributed by atoms with Gasteiger partial charge in [-0.25, -0.2) is 9.97 Å². The van der Waals surface area contributed by atoms with Crippen LogP contribution in [0.1, 0.15) is 13.8 Å². The Hall–Kier alpha value is -1.56. The predicted molar refractivity (Wildman–Crippen MR) is 128 cm³/mol. The normalized spacial score (nSPS) is 17.6. The van der Waals surface area contributed by atoms with E-state index in [1.165, 1.54) is 0 Å². The van der Waals surface area contributed by atoms with Crippen LogP contribution in [0.15, 0.2) is 0 Å². The lowest BCUT2D eigenvalue weighted by Gasteiger charge is -2.26. The Morgan fingerprint density at radius 2 is 1.28 bits per heavy atom. The number of anilines is 2. The molecule has 2 aliphatic heterocycles. The van der Waals surface area contributed by atoms with Gasteiger partial charge in [-0.3, -0.25) is 9.80 Å². The van der Waals surface area contributed by atoms with Crippen molar-refractivity contribution in [2.24, 2.45) is 0 Å². The molecule has 2 saturated heterocycles. The lowest BCUT2D eigenvalue weighted by Crippen LogP contribution is -2.39. The molecule has 0 unspecified atom stereocenters. The molecular formula is C20H32Cl2N8O2. The van der Waals surface area contributed by atoms with E-state index in [4.69, 9.17) is 32.7 Å². The summed E-state index contributed by atoms with van der Waals surface area (Å²) in [6, 6.07) is 0. The number of halogens is 2. The quantitative estimate of drug-likeness (QED) is 0.540. The highest BCUT2D eigenvalue weighted by molar-refractivity contribution is 6.32. The van der Waals surface area contributed by atoms with Crippen LogP contribution in [0.25, 0.3) is 11.2 Å². The summed E-state index contributed by atoms with van der Waals surface area (Å²) in [5.74, 6) is 1.03. The third-order valence-electron chi connectivity index (χ3n) is 5.11. The molecule has 4 heterocycles. The molecular weight excluding hydrogens is 455 g/mol. The molecule has 0 aliphatic carbocycles. The van der Waals surface area contributed by atoms with Crippen molar-refractivity contribution in [3.63, 3.8) is 0 Å². The Labute approximate surface area is 199 Å². The summed E-state index contributed by atoms with van der Waals surface area (Å²) in [6.45, 7) is 13.9. The second kappa shape index (κ2) is 13.2. The average molecular weight is 487 g/mol. The molecule has 2 aliphatic rings. The fourth-order valence-electron chi connectivity index (χ4n) is 3.45. The van der Waals surface area contributed by atoms with Crippen LogP contribution in [0, 0.1) is 0 Å². The molecule has 0 atom stereocenters. The first-order valence-corrected chi connectivity index (χ1v) is 11.9. The Kier molecular flexibility index (Phi) is 10.4. The predicted octanol–water partition coefficient (Wildman–Crippen LogP) is 2.24. The van der Waals surface area contributed by atoms with Crippen molar-refractivity contribution in [1.82, 2.24) is 29.7 Å². The maximum atomic E-state index is 6.38. The van der Waals surface area contributed by atoms with E-state index >= 15 is 0 Å². The SMILES string of the molecule is CC.Clc1nc(NCCN2CCOCC2)c2nc(Cl)c(NCCN3CCOCC3)nc2n1. The number of ether oxygens (including phenoxy) is 2. The number of hydrogen-bond acceptors (Lipinski definition) is 10. The first kappa shape index (κ1) is 25.1. The number of morpholine rings is 2. The largest absolute Gasteiger partial charge is 0.379 e. The van der Waals surface area contributed by atoms with Crippen LogP contribution in [0.5, 0.6) is 0 Å². The zero-order valence-electron chi connectivity index (χ0n) is 18.7. The summed E-state index contributed by atoms with van der Waals surface area (Å²) < 4.78 is 10.7. The van der Waals surface area contributed by atoms with Gasteiger partial charge in [-0.05, 0) is 11.6 Å². The van der Waals surface area contributed by atoms with E-state index in [0.29, 0.717) is 35.9 Å². The fraction of sp³-hybridized carbons (Fsp3) is 0.700. The van der Waals surface area contributed by atoms with Crippen LogP contribution in [0.3, 0.4) is 0 Å². The van der Waals surface area contributed by atoms with Gasteiger partial charge in [0.2, 0.25) is 5.28 Å². The molecule has 12 heteroatoms. The van der Waals surface area contributed by atoms with E-state index < -0.39 is 0 Å². The molecule has 2 N–H and O–H groups in total. The van der Waals surface area contributed by atoms with Gasteiger partial charge >= 0.3 is 0 Å². The topological polar surface area (TPSA) is 101 Å². The number of nitrogens with zero attached hydrogens (tertiary/aromatic N) is 6. The summed E-state index contributed by atoms with van der Waals surface area (Å²) in [7, 11) is 0.